The smallest absolute Gasteiger partial charge is 0.297 e. The molecule has 0 spiro atoms. The molecule has 2 aromatic heterocycles. The standard InChI is InChI=1S/C19H16N6O4S/c1-2-29-13-7-8-15(16(9-13)25(27)28)24-17(21-22-19(24)30)11-23-18(26)14-6-4-3-5-12(14)10-20-23/h3-10H,2,11H2,1H3,(H,22,30). The molecule has 0 aliphatic heterocycles. The molecule has 152 valence electrons. The molecule has 0 fully saturated rings. The Kier molecular flexibility index (Phi) is 5.11. The van der Waals surface area contributed by atoms with E-state index < -0.39 is 4.92 Å². The zero-order chi connectivity index (χ0) is 21.3. The van der Waals surface area contributed by atoms with Crippen molar-refractivity contribution in [2.24, 2.45) is 0 Å². The average Bonchev–Trinajstić information content (AvgIpc) is 3.10. The summed E-state index contributed by atoms with van der Waals surface area (Å²) in [7, 11) is 0. The van der Waals surface area contributed by atoms with Gasteiger partial charge in [0.1, 0.15) is 18.0 Å². The molecule has 0 saturated carbocycles. The Morgan fingerprint density at radius 2 is 2.07 bits per heavy atom. The molecule has 2 heterocycles. The van der Waals surface area contributed by atoms with Gasteiger partial charge in [-0.3, -0.25) is 24.6 Å². The van der Waals surface area contributed by atoms with Gasteiger partial charge in [-0.25, -0.2) is 4.68 Å². The summed E-state index contributed by atoms with van der Waals surface area (Å²) in [4.78, 5) is 23.9. The zero-order valence-electron chi connectivity index (χ0n) is 15.8. The lowest BCUT2D eigenvalue weighted by atomic mass is 10.2. The largest absolute Gasteiger partial charge is 0.494 e. The van der Waals surface area contributed by atoms with Crippen molar-refractivity contribution in [1.29, 1.82) is 0 Å². The van der Waals surface area contributed by atoms with Gasteiger partial charge in [0, 0.05) is 5.39 Å². The number of nitrogens with one attached hydrogen (secondary N) is 1. The van der Waals surface area contributed by atoms with Crippen LogP contribution in [-0.2, 0) is 6.54 Å². The predicted octanol–water partition coefficient (Wildman–Crippen LogP) is 2.99. The van der Waals surface area contributed by atoms with E-state index >= 15 is 0 Å². The van der Waals surface area contributed by atoms with Gasteiger partial charge in [-0.2, -0.15) is 10.2 Å². The molecule has 2 aromatic carbocycles. The minimum atomic E-state index is -0.517. The average molecular weight is 424 g/mol. The van der Waals surface area contributed by atoms with Crippen LogP contribution in [0.2, 0.25) is 0 Å². The lowest BCUT2D eigenvalue weighted by Crippen LogP contribution is -2.24. The van der Waals surface area contributed by atoms with Gasteiger partial charge >= 0.3 is 0 Å². The van der Waals surface area contributed by atoms with Crippen molar-refractivity contribution in [2.75, 3.05) is 6.61 Å². The highest BCUT2D eigenvalue weighted by molar-refractivity contribution is 7.71. The molecule has 11 heteroatoms. The van der Waals surface area contributed by atoms with E-state index in [0.29, 0.717) is 23.6 Å². The van der Waals surface area contributed by atoms with Crippen LogP contribution >= 0.6 is 12.2 Å². The summed E-state index contributed by atoms with van der Waals surface area (Å²) in [5.74, 6) is 0.675. The topological polar surface area (TPSA) is 121 Å². The fraction of sp³-hybridized carbons (Fsp3) is 0.158. The van der Waals surface area contributed by atoms with E-state index in [0.717, 1.165) is 5.39 Å². The van der Waals surface area contributed by atoms with Gasteiger partial charge in [0.15, 0.2) is 10.6 Å². The first-order valence-electron chi connectivity index (χ1n) is 9.02. The van der Waals surface area contributed by atoms with Crippen molar-refractivity contribution in [3.63, 3.8) is 0 Å². The lowest BCUT2D eigenvalue weighted by molar-refractivity contribution is -0.384. The number of nitro groups is 1. The number of ether oxygens (including phenoxy) is 1. The van der Waals surface area contributed by atoms with Gasteiger partial charge in [0.25, 0.3) is 11.2 Å². The maximum Gasteiger partial charge on any atom is 0.297 e. The molecule has 0 aliphatic carbocycles. The van der Waals surface area contributed by atoms with E-state index in [-0.39, 0.29) is 28.2 Å². The Morgan fingerprint density at radius 3 is 2.83 bits per heavy atom. The number of hydrogen-bond acceptors (Lipinski definition) is 7. The van der Waals surface area contributed by atoms with E-state index in [1.165, 1.54) is 21.4 Å². The summed E-state index contributed by atoms with van der Waals surface area (Å²) >= 11 is 5.29. The summed E-state index contributed by atoms with van der Waals surface area (Å²) in [6.07, 6.45) is 1.58. The molecule has 30 heavy (non-hydrogen) atoms. The maximum absolute atomic E-state index is 12.8. The van der Waals surface area contributed by atoms with Crippen LogP contribution in [0.1, 0.15) is 12.7 Å². The first kappa shape index (κ1) is 19.5. The molecule has 0 amide bonds. The van der Waals surface area contributed by atoms with Gasteiger partial charge in [0.2, 0.25) is 0 Å². The van der Waals surface area contributed by atoms with Crippen molar-refractivity contribution < 1.29 is 9.66 Å². The number of aromatic nitrogens is 5. The van der Waals surface area contributed by atoms with Crippen molar-refractivity contribution in [3.8, 4) is 11.4 Å². The maximum atomic E-state index is 12.8. The minimum Gasteiger partial charge on any atom is -0.494 e. The highest BCUT2D eigenvalue weighted by atomic mass is 32.1. The Balaban J connectivity index is 1.82. The molecule has 0 aliphatic rings. The number of nitrogens with zero attached hydrogens (tertiary/aromatic N) is 5. The van der Waals surface area contributed by atoms with Gasteiger partial charge in [-0.05, 0) is 37.3 Å². The third-order valence-corrected chi connectivity index (χ3v) is 4.76. The number of hydrogen-bond donors (Lipinski definition) is 1. The fourth-order valence-electron chi connectivity index (χ4n) is 3.15. The van der Waals surface area contributed by atoms with Crippen LogP contribution in [0.4, 0.5) is 5.69 Å². The summed E-state index contributed by atoms with van der Waals surface area (Å²) < 4.78 is 8.18. The Labute approximate surface area is 174 Å². The molecule has 10 nitrogen and oxygen atoms in total. The molecule has 0 atom stereocenters. The van der Waals surface area contributed by atoms with Crippen molar-refractivity contribution in [2.45, 2.75) is 13.5 Å². The highest BCUT2D eigenvalue weighted by Gasteiger charge is 2.21. The van der Waals surface area contributed by atoms with Crippen LogP contribution in [-0.4, -0.2) is 36.1 Å². The third kappa shape index (κ3) is 3.46. The van der Waals surface area contributed by atoms with Crippen LogP contribution < -0.4 is 10.3 Å². The van der Waals surface area contributed by atoms with Crippen molar-refractivity contribution in [3.05, 3.63) is 79.7 Å². The SMILES string of the molecule is CCOc1ccc(-n2c(Cn3ncc4ccccc4c3=O)n[nH]c2=S)c([N+](=O)[O-])c1. The molecule has 0 saturated heterocycles. The van der Waals surface area contributed by atoms with E-state index in [9.17, 15) is 14.9 Å². The molecule has 0 bridgehead atoms. The fourth-order valence-corrected chi connectivity index (χ4v) is 3.40. The Hall–Kier alpha value is -3.86. The van der Waals surface area contributed by atoms with Gasteiger partial charge in [-0.15, -0.1) is 0 Å². The first-order chi connectivity index (χ1) is 14.5. The molecule has 4 aromatic rings. The van der Waals surface area contributed by atoms with E-state index in [1.807, 2.05) is 6.07 Å². The lowest BCUT2D eigenvalue weighted by Gasteiger charge is -2.10. The number of benzene rings is 2. The summed E-state index contributed by atoms with van der Waals surface area (Å²) in [5.41, 5.74) is -0.278. The minimum absolute atomic E-state index is 0.0266. The number of aromatic amines is 1. The van der Waals surface area contributed by atoms with Crippen LogP contribution in [0.5, 0.6) is 5.75 Å². The normalized spacial score (nSPS) is 11.0. The number of fused-ring (bicyclic) bond motifs is 1. The highest BCUT2D eigenvalue weighted by Crippen LogP contribution is 2.29. The summed E-state index contributed by atoms with van der Waals surface area (Å²) in [6, 6.07) is 11.6. The molecule has 4 rings (SSSR count). The Bertz CT molecular complexity index is 1370. The second-order valence-corrected chi connectivity index (χ2v) is 6.70. The van der Waals surface area contributed by atoms with Crippen molar-refractivity contribution in [1.82, 2.24) is 24.5 Å². The van der Waals surface area contributed by atoms with Crippen molar-refractivity contribution >= 4 is 28.7 Å². The molecular formula is C19H16N6O4S. The second kappa shape index (κ2) is 7.87. The third-order valence-electron chi connectivity index (χ3n) is 4.49. The van der Waals surface area contributed by atoms with E-state index in [4.69, 9.17) is 17.0 Å². The summed E-state index contributed by atoms with van der Waals surface area (Å²) in [6.45, 7) is 2.14. The number of H-pyrrole nitrogens is 1. The second-order valence-electron chi connectivity index (χ2n) is 6.32. The molecule has 0 unspecified atom stereocenters. The number of rotatable bonds is 6. The molecular weight excluding hydrogens is 408 g/mol. The van der Waals surface area contributed by atoms with Crippen LogP contribution in [0.25, 0.3) is 16.5 Å². The Morgan fingerprint density at radius 1 is 1.27 bits per heavy atom. The first-order valence-corrected chi connectivity index (χ1v) is 9.43. The van der Waals surface area contributed by atoms with E-state index in [2.05, 4.69) is 15.3 Å². The van der Waals surface area contributed by atoms with Crippen LogP contribution in [0, 0.1) is 14.9 Å². The molecule has 1 N–H and O–H groups in total. The quantitative estimate of drug-likeness (QED) is 0.287. The molecule has 0 radical (unpaired) electrons. The predicted molar refractivity (Wildman–Crippen MR) is 112 cm³/mol. The van der Waals surface area contributed by atoms with Crippen LogP contribution in [0.3, 0.4) is 0 Å². The van der Waals surface area contributed by atoms with Gasteiger partial charge < -0.3 is 4.74 Å². The van der Waals surface area contributed by atoms with Gasteiger partial charge in [0.05, 0.1) is 29.2 Å². The zero-order valence-corrected chi connectivity index (χ0v) is 16.6. The monoisotopic (exact) mass is 424 g/mol. The van der Waals surface area contributed by atoms with E-state index in [1.54, 1.807) is 37.4 Å². The van der Waals surface area contributed by atoms with Crippen LogP contribution in [0.15, 0.2) is 53.5 Å². The van der Waals surface area contributed by atoms with Gasteiger partial charge in [-0.1, -0.05) is 18.2 Å². The summed E-state index contributed by atoms with van der Waals surface area (Å²) in [5, 5.41) is 23.9. The number of nitro benzene ring substituents is 1.